The monoisotopic (exact) mass is 426 g/mol. The Labute approximate surface area is 182 Å². The SMILES string of the molecule is c1ccc(-c2cc(Oc3ccc(-c4noc(C5CCCO5)n4)cc3)n3ncnc3n2)cc1. The summed E-state index contributed by atoms with van der Waals surface area (Å²) in [6.45, 7) is 0.731. The molecule has 32 heavy (non-hydrogen) atoms. The Morgan fingerprint density at radius 1 is 0.969 bits per heavy atom. The van der Waals surface area contributed by atoms with Crippen molar-refractivity contribution in [2.45, 2.75) is 18.9 Å². The maximum Gasteiger partial charge on any atom is 0.256 e. The average molecular weight is 426 g/mol. The van der Waals surface area contributed by atoms with Crippen molar-refractivity contribution in [3.05, 3.63) is 72.9 Å². The van der Waals surface area contributed by atoms with Gasteiger partial charge in [-0.3, -0.25) is 0 Å². The fraction of sp³-hybridized carbons (Fsp3) is 0.174. The van der Waals surface area contributed by atoms with Gasteiger partial charge in [-0.15, -0.1) is 0 Å². The summed E-state index contributed by atoms with van der Waals surface area (Å²) >= 11 is 0. The number of hydrogen-bond donors (Lipinski definition) is 0. The van der Waals surface area contributed by atoms with Crippen molar-refractivity contribution < 1.29 is 14.0 Å². The third kappa shape index (κ3) is 3.48. The first-order valence-corrected chi connectivity index (χ1v) is 10.3. The van der Waals surface area contributed by atoms with E-state index in [-0.39, 0.29) is 6.10 Å². The van der Waals surface area contributed by atoms with E-state index < -0.39 is 0 Å². The maximum atomic E-state index is 6.13. The number of nitrogens with zero attached hydrogens (tertiary/aromatic N) is 6. The van der Waals surface area contributed by atoms with Crippen molar-refractivity contribution in [1.29, 1.82) is 0 Å². The van der Waals surface area contributed by atoms with Gasteiger partial charge in [0.05, 0.1) is 5.69 Å². The quantitative estimate of drug-likeness (QED) is 0.405. The van der Waals surface area contributed by atoms with Gasteiger partial charge in [-0.1, -0.05) is 35.5 Å². The van der Waals surface area contributed by atoms with Crippen LogP contribution in [0.5, 0.6) is 11.6 Å². The summed E-state index contributed by atoms with van der Waals surface area (Å²) in [5.74, 6) is 2.66. The summed E-state index contributed by atoms with van der Waals surface area (Å²) in [7, 11) is 0. The number of rotatable bonds is 5. The zero-order valence-corrected chi connectivity index (χ0v) is 17.0. The van der Waals surface area contributed by atoms with Gasteiger partial charge >= 0.3 is 0 Å². The van der Waals surface area contributed by atoms with Crippen LogP contribution in [0.4, 0.5) is 0 Å². The molecule has 2 aromatic carbocycles. The van der Waals surface area contributed by atoms with Crippen LogP contribution in [0.3, 0.4) is 0 Å². The molecule has 0 saturated carbocycles. The van der Waals surface area contributed by atoms with Crippen LogP contribution in [0.25, 0.3) is 28.4 Å². The molecule has 9 heteroatoms. The zero-order valence-electron chi connectivity index (χ0n) is 17.0. The smallest absolute Gasteiger partial charge is 0.256 e. The van der Waals surface area contributed by atoms with Gasteiger partial charge in [-0.25, -0.2) is 4.98 Å². The van der Waals surface area contributed by atoms with Crippen LogP contribution in [0.15, 0.2) is 71.5 Å². The predicted molar refractivity (Wildman–Crippen MR) is 114 cm³/mol. The first-order chi connectivity index (χ1) is 15.8. The van der Waals surface area contributed by atoms with Crippen molar-refractivity contribution >= 4 is 5.78 Å². The van der Waals surface area contributed by atoms with Gasteiger partial charge in [0.25, 0.3) is 11.7 Å². The number of fused-ring (bicyclic) bond motifs is 1. The maximum absolute atomic E-state index is 6.13. The van der Waals surface area contributed by atoms with E-state index in [4.69, 9.17) is 14.0 Å². The fourth-order valence-electron chi connectivity index (χ4n) is 3.66. The largest absolute Gasteiger partial charge is 0.439 e. The van der Waals surface area contributed by atoms with Crippen LogP contribution in [0.1, 0.15) is 24.8 Å². The van der Waals surface area contributed by atoms with E-state index in [0.717, 1.165) is 36.3 Å². The number of benzene rings is 2. The molecule has 1 fully saturated rings. The Morgan fingerprint density at radius 2 is 1.84 bits per heavy atom. The second-order valence-electron chi connectivity index (χ2n) is 7.40. The van der Waals surface area contributed by atoms with Crippen LogP contribution in [-0.4, -0.2) is 36.3 Å². The molecule has 1 unspecified atom stereocenters. The normalized spacial score (nSPS) is 15.9. The highest BCUT2D eigenvalue weighted by atomic mass is 16.5. The first-order valence-electron chi connectivity index (χ1n) is 10.3. The Morgan fingerprint density at radius 3 is 2.66 bits per heavy atom. The summed E-state index contributed by atoms with van der Waals surface area (Å²) < 4.78 is 18.7. The second-order valence-corrected chi connectivity index (χ2v) is 7.40. The molecular weight excluding hydrogens is 408 g/mol. The zero-order chi connectivity index (χ0) is 21.3. The highest BCUT2D eigenvalue weighted by Gasteiger charge is 2.24. The van der Waals surface area contributed by atoms with Crippen LogP contribution in [0.2, 0.25) is 0 Å². The van der Waals surface area contributed by atoms with Crippen molar-refractivity contribution in [2.24, 2.45) is 0 Å². The molecule has 0 aliphatic carbocycles. The highest BCUT2D eigenvalue weighted by molar-refractivity contribution is 5.62. The molecule has 158 valence electrons. The summed E-state index contributed by atoms with van der Waals surface area (Å²) in [5.41, 5.74) is 2.56. The molecule has 0 radical (unpaired) electrons. The second kappa shape index (κ2) is 7.86. The van der Waals surface area contributed by atoms with E-state index >= 15 is 0 Å². The van der Waals surface area contributed by atoms with E-state index in [1.807, 2.05) is 60.7 Å². The number of hydrogen-bond acceptors (Lipinski definition) is 8. The lowest BCUT2D eigenvalue weighted by atomic mass is 10.1. The molecule has 0 spiro atoms. The van der Waals surface area contributed by atoms with Gasteiger partial charge in [-0.2, -0.15) is 19.6 Å². The molecule has 0 amide bonds. The van der Waals surface area contributed by atoms with Crippen molar-refractivity contribution in [2.75, 3.05) is 6.61 Å². The third-order valence-corrected chi connectivity index (χ3v) is 5.27. The molecule has 1 saturated heterocycles. The van der Waals surface area contributed by atoms with E-state index in [9.17, 15) is 0 Å². The van der Waals surface area contributed by atoms with Crippen molar-refractivity contribution in [3.8, 4) is 34.3 Å². The molecule has 3 aromatic heterocycles. The van der Waals surface area contributed by atoms with Crippen molar-refractivity contribution in [1.82, 2.24) is 29.7 Å². The molecule has 0 N–H and O–H groups in total. The molecule has 5 aromatic rings. The Balaban J connectivity index is 1.27. The molecule has 1 atom stereocenters. The van der Waals surface area contributed by atoms with E-state index in [1.165, 1.54) is 6.33 Å². The molecule has 1 aliphatic heterocycles. The van der Waals surface area contributed by atoms with Crippen LogP contribution < -0.4 is 4.74 Å². The Kier molecular flexibility index (Phi) is 4.58. The predicted octanol–water partition coefficient (Wildman–Crippen LogP) is 4.49. The van der Waals surface area contributed by atoms with Crippen LogP contribution in [-0.2, 0) is 4.74 Å². The average Bonchev–Trinajstić information content (AvgIpc) is 3.61. The number of aromatic nitrogens is 6. The molecular formula is C23H18N6O3. The van der Waals surface area contributed by atoms with Crippen LogP contribution >= 0.6 is 0 Å². The minimum atomic E-state index is -0.102. The van der Waals surface area contributed by atoms with E-state index in [1.54, 1.807) is 4.52 Å². The van der Waals surface area contributed by atoms with Gasteiger partial charge < -0.3 is 14.0 Å². The van der Waals surface area contributed by atoms with Crippen LogP contribution in [0, 0.1) is 0 Å². The van der Waals surface area contributed by atoms with Gasteiger partial charge in [-0.05, 0) is 37.1 Å². The fourth-order valence-corrected chi connectivity index (χ4v) is 3.66. The van der Waals surface area contributed by atoms with Gasteiger partial charge in [0.1, 0.15) is 18.2 Å². The van der Waals surface area contributed by atoms with E-state index in [2.05, 4.69) is 25.2 Å². The third-order valence-electron chi connectivity index (χ3n) is 5.27. The minimum absolute atomic E-state index is 0.102. The first kappa shape index (κ1) is 18.6. The number of ether oxygens (including phenoxy) is 2. The van der Waals surface area contributed by atoms with Gasteiger partial charge in [0, 0.05) is 23.8 Å². The summed E-state index contributed by atoms with van der Waals surface area (Å²) in [5, 5.41) is 8.32. The summed E-state index contributed by atoms with van der Waals surface area (Å²) in [4.78, 5) is 13.3. The van der Waals surface area contributed by atoms with E-state index in [0.29, 0.717) is 29.1 Å². The molecule has 6 rings (SSSR count). The minimum Gasteiger partial charge on any atom is -0.439 e. The van der Waals surface area contributed by atoms with Crippen molar-refractivity contribution in [3.63, 3.8) is 0 Å². The molecule has 0 bridgehead atoms. The Bertz CT molecular complexity index is 1360. The molecule has 9 nitrogen and oxygen atoms in total. The Hall–Kier alpha value is -4.11. The lowest BCUT2D eigenvalue weighted by molar-refractivity contribution is 0.0835. The van der Waals surface area contributed by atoms with Gasteiger partial charge in [0.15, 0.2) is 0 Å². The molecule has 4 heterocycles. The summed E-state index contributed by atoms with van der Waals surface area (Å²) in [6.07, 6.45) is 3.26. The summed E-state index contributed by atoms with van der Waals surface area (Å²) in [6, 6.07) is 19.2. The topological polar surface area (TPSA) is 100 Å². The van der Waals surface area contributed by atoms with Gasteiger partial charge in [0.2, 0.25) is 11.7 Å². The highest BCUT2D eigenvalue weighted by Crippen LogP contribution is 2.30. The standard InChI is InChI=1S/C23H18N6O3/c1-2-5-15(6-3-1)18-13-20(29-23(26-18)24-14-25-29)31-17-10-8-16(9-11-17)21-27-22(32-28-21)19-7-4-12-30-19/h1-3,5-6,8-11,13-14,19H,4,7,12H2. The lowest BCUT2D eigenvalue weighted by Gasteiger charge is -2.09. The molecule has 1 aliphatic rings. The lowest BCUT2D eigenvalue weighted by Crippen LogP contribution is -1.99.